The van der Waals surface area contributed by atoms with Crippen LogP contribution in [0.3, 0.4) is 0 Å². The van der Waals surface area contributed by atoms with E-state index in [2.05, 4.69) is 9.97 Å². The van der Waals surface area contributed by atoms with Gasteiger partial charge in [-0.1, -0.05) is 60.7 Å². The molecule has 0 atom stereocenters. The quantitative estimate of drug-likeness (QED) is 0.281. The van der Waals surface area contributed by atoms with Crippen molar-refractivity contribution < 1.29 is 7.16 Å². The topological polar surface area (TPSA) is 56.7 Å². The van der Waals surface area contributed by atoms with E-state index in [0.717, 1.165) is 38.3 Å². The van der Waals surface area contributed by atoms with E-state index >= 15 is 0 Å². The summed E-state index contributed by atoms with van der Waals surface area (Å²) in [5, 5.41) is 3.77. The Labute approximate surface area is 195 Å². The molecule has 3 heterocycles. The van der Waals surface area contributed by atoms with E-state index in [1.54, 1.807) is 16.7 Å². The van der Waals surface area contributed by atoms with Crippen molar-refractivity contribution in [3.63, 3.8) is 0 Å². The predicted molar refractivity (Wildman–Crippen MR) is 132 cm³/mol. The van der Waals surface area contributed by atoms with Gasteiger partial charge in [0.15, 0.2) is 5.82 Å². The third-order valence-corrected chi connectivity index (χ3v) is 6.01. The maximum atomic E-state index is 8.57. The number of para-hydroxylation sites is 3. The highest BCUT2D eigenvalue weighted by molar-refractivity contribution is 6.28. The van der Waals surface area contributed by atoms with Gasteiger partial charge in [-0.05, 0) is 41.9 Å². The second-order valence-corrected chi connectivity index (χ2v) is 8.08. The first kappa shape index (κ1) is 16.4. The molecule has 0 fully saturated rings. The first-order chi connectivity index (χ1) is 17.1. The summed E-state index contributed by atoms with van der Waals surface area (Å²) in [7, 11) is 0. The van der Waals surface area contributed by atoms with Gasteiger partial charge in [0, 0.05) is 27.1 Å². The van der Waals surface area contributed by atoms with Gasteiger partial charge in [0.25, 0.3) is 0 Å². The van der Waals surface area contributed by atoms with Crippen LogP contribution in [0, 0.1) is 0 Å². The summed E-state index contributed by atoms with van der Waals surface area (Å²) in [6, 6.07) is 25.3. The molecule has 0 aliphatic rings. The van der Waals surface area contributed by atoms with Gasteiger partial charge >= 0.3 is 0 Å². The number of furan rings is 1. The molecule has 0 amide bonds. The molecule has 0 saturated heterocycles. The van der Waals surface area contributed by atoms with Crippen molar-refractivity contribution in [2.45, 2.75) is 0 Å². The maximum absolute atomic E-state index is 8.57. The highest BCUT2D eigenvalue weighted by Gasteiger charge is 2.17. The lowest BCUT2D eigenvalue weighted by atomic mass is 10.1. The number of halogens is 1. The molecule has 0 aliphatic heterocycles. The molecule has 33 heavy (non-hydrogen) atoms. The number of benzene rings is 4. The largest absolute Gasteiger partial charge is 0.456 e. The molecule has 5 nitrogen and oxygen atoms in total. The summed E-state index contributed by atoms with van der Waals surface area (Å²) in [6.07, 6.45) is 0. The van der Waals surface area contributed by atoms with Crippen LogP contribution in [0.1, 0.15) is 2.74 Å². The standard InChI is InChI=1S/C27H15ClN4O/c28-26-29-25(16-13-14-20-19-9-3-6-12-23(19)33-24(20)15-16)30-27(31-26)32-21-10-4-1-7-17(21)18-8-2-5-11-22(18)32/h1-15H/i10D,11D. The number of aromatic nitrogens is 4. The third kappa shape index (κ3) is 2.76. The van der Waals surface area contributed by atoms with E-state index in [1.807, 2.05) is 66.7 Å². The molecule has 0 unspecified atom stereocenters. The number of fused-ring (bicyclic) bond motifs is 6. The van der Waals surface area contributed by atoms with E-state index in [0.29, 0.717) is 28.9 Å². The van der Waals surface area contributed by atoms with Crippen LogP contribution in [-0.4, -0.2) is 19.5 Å². The van der Waals surface area contributed by atoms with Crippen LogP contribution in [0.15, 0.2) is 95.4 Å². The predicted octanol–water partition coefficient (Wildman–Crippen LogP) is 7.19. The normalized spacial score (nSPS) is 12.6. The van der Waals surface area contributed by atoms with Crippen molar-refractivity contribution >= 4 is 55.3 Å². The van der Waals surface area contributed by atoms with Crippen LogP contribution in [0.4, 0.5) is 0 Å². The second kappa shape index (κ2) is 6.89. The molecule has 3 aromatic heterocycles. The van der Waals surface area contributed by atoms with Crippen LogP contribution < -0.4 is 0 Å². The Bertz CT molecular complexity index is 1900. The fourth-order valence-corrected chi connectivity index (χ4v) is 4.56. The summed E-state index contributed by atoms with van der Waals surface area (Å²) >= 11 is 6.39. The average Bonchev–Trinajstić information content (AvgIpc) is 3.41. The molecular formula is C27H15ClN4O. The Hall–Kier alpha value is -4.22. The Morgan fingerprint density at radius 2 is 1.36 bits per heavy atom. The fourth-order valence-electron chi connectivity index (χ4n) is 4.41. The van der Waals surface area contributed by atoms with Crippen LogP contribution in [0.5, 0.6) is 0 Å². The highest BCUT2D eigenvalue weighted by Crippen LogP contribution is 2.33. The maximum Gasteiger partial charge on any atom is 0.239 e. The van der Waals surface area contributed by atoms with Crippen LogP contribution in [-0.2, 0) is 0 Å². The van der Waals surface area contributed by atoms with E-state index < -0.39 is 0 Å². The van der Waals surface area contributed by atoms with Gasteiger partial charge in [-0.25, -0.2) is 0 Å². The molecular weight excluding hydrogens is 432 g/mol. The van der Waals surface area contributed by atoms with Crippen molar-refractivity contribution in [3.8, 4) is 17.3 Å². The lowest BCUT2D eigenvalue weighted by Gasteiger charge is -2.08. The minimum atomic E-state index is 0.0228. The first-order valence-electron chi connectivity index (χ1n) is 11.4. The van der Waals surface area contributed by atoms with Gasteiger partial charge in [-0.3, -0.25) is 4.57 Å². The van der Waals surface area contributed by atoms with Gasteiger partial charge in [0.1, 0.15) is 11.2 Å². The van der Waals surface area contributed by atoms with Crippen molar-refractivity contribution in [2.24, 2.45) is 0 Å². The molecule has 7 rings (SSSR count). The molecule has 0 spiro atoms. The zero-order chi connectivity index (χ0) is 23.7. The summed E-state index contributed by atoms with van der Waals surface area (Å²) in [5.74, 6) is 0.631. The van der Waals surface area contributed by atoms with Gasteiger partial charge in [-0.15, -0.1) is 0 Å². The van der Waals surface area contributed by atoms with E-state index in [1.165, 1.54) is 0 Å². The molecule has 0 radical (unpaired) electrons. The second-order valence-electron chi connectivity index (χ2n) is 7.74. The average molecular weight is 449 g/mol. The number of hydrogen-bond acceptors (Lipinski definition) is 4. The molecule has 0 N–H and O–H groups in total. The first-order valence-corrected chi connectivity index (χ1v) is 10.8. The number of hydrogen-bond donors (Lipinski definition) is 0. The van der Waals surface area contributed by atoms with Gasteiger partial charge in [0.2, 0.25) is 11.2 Å². The SMILES string of the molecule is [2H]c1cccc2c3cccc([2H])c3n(-c3nc(Cl)nc(-c4ccc5c(c4)oc4ccccc45)n3)c12. The third-order valence-electron chi connectivity index (χ3n) is 5.84. The molecule has 0 aliphatic carbocycles. The smallest absolute Gasteiger partial charge is 0.239 e. The van der Waals surface area contributed by atoms with Crippen LogP contribution >= 0.6 is 11.6 Å². The van der Waals surface area contributed by atoms with E-state index in [9.17, 15) is 0 Å². The molecule has 0 bridgehead atoms. The Balaban J connectivity index is 1.50. The molecule has 6 heteroatoms. The Morgan fingerprint density at radius 1 is 0.697 bits per heavy atom. The molecule has 0 saturated carbocycles. The molecule has 4 aromatic carbocycles. The van der Waals surface area contributed by atoms with E-state index in [-0.39, 0.29) is 11.2 Å². The zero-order valence-corrected chi connectivity index (χ0v) is 17.8. The highest BCUT2D eigenvalue weighted by atomic mass is 35.5. The zero-order valence-electron chi connectivity index (χ0n) is 19.1. The summed E-state index contributed by atoms with van der Waals surface area (Å²) in [5.41, 5.74) is 3.48. The van der Waals surface area contributed by atoms with Gasteiger partial charge in [0.05, 0.1) is 13.8 Å². The summed E-state index contributed by atoms with van der Waals surface area (Å²) < 4.78 is 24.9. The summed E-state index contributed by atoms with van der Waals surface area (Å²) in [6.45, 7) is 0. The van der Waals surface area contributed by atoms with Crippen molar-refractivity contribution in [3.05, 3.63) is 96.2 Å². The lowest BCUT2D eigenvalue weighted by Crippen LogP contribution is -2.04. The monoisotopic (exact) mass is 448 g/mol. The van der Waals surface area contributed by atoms with Crippen molar-refractivity contribution in [1.82, 2.24) is 19.5 Å². The minimum Gasteiger partial charge on any atom is -0.456 e. The number of nitrogens with zero attached hydrogens (tertiary/aromatic N) is 4. The minimum absolute atomic E-state index is 0.0228. The molecule has 7 aromatic rings. The Morgan fingerprint density at radius 3 is 2.15 bits per heavy atom. The van der Waals surface area contributed by atoms with Gasteiger partial charge < -0.3 is 4.42 Å². The Kier molecular flexibility index (Phi) is 3.43. The van der Waals surface area contributed by atoms with Crippen molar-refractivity contribution in [2.75, 3.05) is 0 Å². The van der Waals surface area contributed by atoms with Crippen molar-refractivity contribution in [1.29, 1.82) is 0 Å². The fraction of sp³-hybridized carbons (Fsp3) is 0. The van der Waals surface area contributed by atoms with Crippen LogP contribution in [0.2, 0.25) is 5.28 Å². The lowest BCUT2D eigenvalue weighted by molar-refractivity contribution is 0.669. The van der Waals surface area contributed by atoms with Gasteiger partial charge in [-0.2, -0.15) is 15.0 Å². The van der Waals surface area contributed by atoms with Crippen LogP contribution in [0.25, 0.3) is 61.1 Å². The summed E-state index contributed by atoms with van der Waals surface area (Å²) in [4.78, 5) is 13.5. The number of rotatable bonds is 2. The molecule has 156 valence electrons. The van der Waals surface area contributed by atoms with E-state index in [4.69, 9.17) is 23.7 Å².